The summed E-state index contributed by atoms with van der Waals surface area (Å²) in [5, 5.41) is 0.720. The number of thiazole rings is 1. The molecule has 0 bridgehead atoms. The van der Waals surface area contributed by atoms with Crippen molar-refractivity contribution in [3.63, 3.8) is 0 Å². The zero-order valence-electron chi connectivity index (χ0n) is 11.8. The predicted molar refractivity (Wildman–Crippen MR) is 85.4 cm³/mol. The standard InChI is InChI=1S/C18H17NOS/c20-18(15-9-5-2-6-10-15)16-13-19-17(21-16)12-11-14-7-3-1-4-8-14/h1,3-4,7-8,13,15H,2,5-6,9-10H2. The molecule has 3 rings (SSSR count). The Hall–Kier alpha value is -1.92. The van der Waals surface area contributed by atoms with E-state index in [2.05, 4.69) is 16.8 Å². The third-order valence-electron chi connectivity index (χ3n) is 3.81. The number of carbonyl (C=O) groups is 1. The van der Waals surface area contributed by atoms with Crippen molar-refractivity contribution < 1.29 is 4.79 Å². The van der Waals surface area contributed by atoms with Gasteiger partial charge < -0.3 is 0 Å². The number of Topliss-reactive ketones (excluding diaryl/α,β-unsaturated/α-hetero) is 1. The number of hydrogen-bond donors (Lipinski definition) is 0. The molecule has 1 saturated carbocycles. The van der Waals surface area contributed by atoms with Crippen molar-refractivity contribution in [1.82, 2.24) is 4.98 Å². The maximum Gasteiger partial charge on any atom is 0.177 e. The molecule has 0 unspecified atom stereocenters. The smallest absolute Gasteiger partial charge is 0.177 e. The Balaban J connectivity index is 1.71. The van der Waals surface area contributed by atoms with Gasteiger partial charge in [0.05, 0.1) is 11.1 Å². The van der Waals surface area contributed by atoms with Crippen molar-refractivity contribution in [2.45, 2.75) is 32.1 Å². The highest BCUT2D eigenvalue weighted by atomic mass is 32.1. The molecular formula is C18H17NOS. The number of nitrogens with zero attached hydrogens (tertiary/aromatic N) is 1. The van der Waals surface area contributed by atoms with Crippen molar-refractivity contribution in [2.24, 2.45) is 5.92 Å². The molecule has 1 aromatic heterocycles. The summed E-state index contributed by atoms with van der Waals surface area (Å²) < 4.78 is 0. The van der Waals surface area contributed by atoms with Gasteiger partial charge in [-0.3, -0.25) is 4.79 Å². The Morgan fingerprint density at radius 2 is 1.86 bits per heavy atom. The molecule has 1 aliphatic carbocycles. The van der Waals surface area contributed by atoms with Crippen LogP contribution in [0.3, 0.4) is 0 Å². The second-order valence-electron chi connectivity index (χ2n) is 5.34. The summed E-state index contributed by atoms with van der Waals surface area (Å²) in [5.74, 6) is 6.59. The van der Waals surface area contributed by atoms with E-state index in [1.54, 1.807) is 6.20 Å². The SMILES string of the molecule is O=C(c1cnc(C#Cc2ccccc2)s1)C1CCCCC1. The fourth-order valence-electron chi connectivity index (χ4n) is 2.66. The molecule has 106 valence electrons. The van der Waals surface area contributed by atoms with Crippen molar-refractivity contribution in [1.29, 1.82) is 0 Å². The molecule has 3 heteroatoms. The van der Waals surface area contributed by atoms with Crippen LogP contribution in [0.5, 0.6) is 0 Å². The van der Waals surface area contributed by atoms with Crippen LogP contribution in [-0.4, -0.2) is 10.8 Å². The third-order valence-corrected chi connectivity index (χ3v) is 4.74. The highest BCUT2D eigenvalue weighted by Gasteiger charge is 2.23. The average Bonchev–Trinajstić information content (AvgIpc) is 3.03. The summed E-state index contributed by atoms with van der Waals surface area (Å²) in [6, 6.07) is 9.83. The van der Waals surface area contributed by atoms with Crippen LogP contribution in [0.25, 0.3) is 0 Å². The lowest BCUT2D eigenvalue weighted by molar-refractivity contribution is 0.0893. The van der Waals surface area contributed by atoms with Gasteiger partial charge in [-0.05, 0) is 30.9 Å². The average molecular weight is 295 g/mol. The Morgan fingerprint density at radius 3 is 2.62 bits per heavy atom. The number of rotatable bonds is 2. The topological polar surface area (TPSA) is 30.0 Å². The quantitative estimate of drug-likeness (QED) is 0.610. The van der Waals surface area contributed by atoms with Gasteiger partial charge in [-0.2, -0.15) is 0 Å². The Morgan fingerprint density at radius 1 is 1.10 bits per heavy atom. The fraction of sp³-hybridized carbons (Fsp3) is 0.333. The van der Waals surface area contributed by atoms with E-state index in [1.165, 1.54) is 30.6 Å². The van der Waals surface area contributed by atoms with Crippen LogP contribution in [-0.2, 0) is 0 Å². The molecule has 2 aromatic rings. The molecule has 21 heavy (non-hydrogen) atoms. The molecule has 1 aromatic carbocycles. The molecule has 0 atom stereocenters. The van der Waals surface area contributed by atoms with E-state index in [0.717, 1.165) is 28.3 Å². The Bertz CT molecular complexity index is 672. The van der Waals surface area contributed by atoms with Crippen LogP contribution in [0.15, 0.2) is 36.5 Å². The van der Waals surface area contributed by atoms with Crippen LogP contribution < -0.4 is 0 Å². The van der Waals surface area contributed by atoms with Crippen molar-refractivity contribution >= 4 is 17.1 Å². The van der Waals surface area contributed by atoms with Gasteiger partial charge in [0.25, 0.3) is 0 Å². The summed E-state index contributed by atoms with van der Waals surface area (Å²) in [6.07, 6.45) is 7.37. The second kappa shape index (κ2) is 6.69. The van der Waals surface area contributed by atoms with E-state index in [9.17, 15) is 4.79 Å². The van der Waals surface area contributed by atoms with E-state index in [0.29, 0.717) is 0 Å². The largest absolute Gasteiger partial charge is 0.293 e. The lowest BCUT2D eigenvalue weighted by Gasteiger charge is -2.19. The third kappa shape index (κ3) is 3.59. The van der Waals surface area contributed by atoms with Crippen molar-refractivity contribution in [3.05, 3.63) is 52.0 Å². The van der Waals surface area contributed by atoms with Crippen LogP contribution in [0.4, 0.5) is 0 Å². The molecule has 0 amide bonds. The zero-order chi connectivity index (χ0) is 14.5. The van der Waals surface area contributed by atoms with Gasteiger partial charge in [-0.25, -0.2) is 4.98 Å². The Labute approximate surface area is 129 Å². The minimum Gasteiger partial charge on any atom is -0.293 e. The van der Waals surface area contributed by atoms with Gasteiger partial charge in [0.15, 0.2) is 10.8 Å². The first-order valence-corrected chi connectivity index (χ1v) is 8.22. The lowest BCUT2D eigenvalue weighted by atomic mass is 9.86. The van der Waals surface area contributed by atoms with E-state index in [-0.39, 0.29) is 11.7 Å². The number of hydrogen-bond acceptors (Lipinski definition) is 3. The first-order valence-electron chi connectivity index (χ1n) is 7.40. The van der Waals surface area contributed by atoms with Gasteiger partial charge in [-0.15, -0.1) is 11.3 Å². The highest BCUT2D eigenvalue weighted by Crippen LogP contribution is 2.28. The summed E-state index contributed by atoms with van der Waals surface area (Å²) >= 11 is 1.42. The molecule has 1 aliphatic rings. The molecule has 0 radical (unpaired) electrons. The first-order chi connectivity index (χ1) is 10.3. The van der Waals surface area contributed by atoms with Gasteiger partial charge in [0.1, 0.15) is 0 Å². The summed E-state index contributed by atoms with van der Waals surface area (Å²) in [5.41, 5.74) is 0.966. The number of aromatic nitrogens is 1. The molecule has 1 fully saturated rings. The zero-order valence-corrected chi connectivity index (χ0v) is 12.7. The van der Waals surface area contributed by atoms with Gasteiger partial charge >= 0.3 is 0 Å². The summed E-state index contributed by atoms with van der Waals surface area (Å²) in [7, 11) is 0. The molecule has 0 aliphatic heterocycles. The summed E-state index contributed by atoms with van der Waals surface area (Å²) in [4.78, 5) is 17.4. The van der Waals surface area contributed by atoms with Crippen LogP contribution in [0.1, 0.15) is 52.3 Å². The maximum absolute atomic E-state index is 12.4. The minimum atomic E-state index is 0.203. The first kappa shape index (κ1) is 14.0. The van der Waals surface area contributed by atoms with Crippen LogP contribution >= 0.6 is 11.3 Å². The van der Waals surface area contributed by atoms with Crippen molar-refractivity contribution in [3.8, 4) is 11.8 Å². The fourth-order valence-corrected chi connectivity index (χ4v) is 3.45. The van der Waals surface area contributed by atoms with E-state index >= 15 is 0 Å². The van der Waals surface area contributed by atoms with E-state index in [1.807, 2.05) is 30.3 Å². The highest BCUT2D eigenvalue weighted by molar-refractivity contribution is 7.14. The van der Waals surface area contributed by atoms with Gasteiger partial charge in [0, 0.05) is 11.5 Å². The molecular weight excluding hydrogens is 278 g/mol. The van der Waals surface area contributed by atoms with Crippen LogP contribution in [0, 0.1) is 17.8 Å². The van der Waals surface area contributed by atoms with E-state index in [4.69, 9.17) is 0 Å². The predicted octanol–water partition coefficient (Wildman–Crippen LogP) is 4.31. The number of carbonyl (C=O) groups excluding carboxylic acids is 1. The maximum atomic E-state index is 12.4. The molecule has 0 saturated heterocycles. The Kier molecular flexibility index (Phi) is 4.47. The van der Waals surface area contributed by atoms with Crippen molar-refractivity contribution in [2.75, 3.05) is 0 Å². The normalized spacial score (nSPS) is 15.2. The molecule has 0 N–H and O–H groups in total. The number of ketones is 1. The lowest BCUT2D eigenvalue weighted by Crippen LogP contribution is -2.16. The molecule has 1 heterocycles. The number of benzene rings is 1. The minimum absolute atomic E-state index is 0.203. The van der Waals surface area contributed by atoms with Gasteiger partial charge in [-0.1, -0.05) is 43.4 Å². The second-order valence-corrected chi connectivity index (χ2v) is 6.38. The monoisotopic (exact) mass is 295 g/mol. The molecule has 0 spiro atoms. The van der Waals surface area contributed by atoms with E-state index < -0.39 is 0 Å². The van der Waals surface area contributed by atoms with Gasteiger partial charge in [0.2, 0.25) is 0 Å². The molecule has 2 nitrogen and oxygen atoms in total. The summed E-state index contributed by atoms with van der Waals surface area (Å²) in [6.45, 7) is 0. The van der Waals surface area contributed by atoms with Crippen LogP contribution in [0.2, 0.25) is 0 Å².